The van der Waals surface area contributed by atoms with E-state index in [0.29, 0.717) is 11.8 Å². The first kappa shape index (κ1) is 16.0. The Morgan fingerprint density at radius 3 is 2.84 bits per heavy atom. The topological polar surface area (TPSA) is 67.3 Å². The number of nitrogens with one attached hydrogen (secondary N) is 1. The van der Waals surface area contributed by atoms with Crippen molar-refractivity contribution >= 4 is 17.7 Å². The number of thioether (sulfide) groups is 1. The van der Waals surface area contributed by atoms with E-state index >= 15 is 0 Å². The van der Waals surface area contributed by atoms with Crippen LogP contribution in [0.25, 0.3) is 0 Å². The lowest BCUT2D eigenvalue weighted by Crippen LogP contribution is -2.12. The highest BCUT2D eigenvalue weighted by Gasteiger charge is 2.04. The molecular formula is C13H23N3O2S. The number of hydrogen-bond donors (Lipinski definition) is 2. The van der Waals surface area contributed by atoms with Gasteiger partial charge in [-0.05, 0) is 32.9 Å². The lowest BCUT2D eigenvalue weighted by Gasteiger charge is -2.11. The maximum atomic E-state index is 8.67. The maximum absolute atomic E-state index is 8.67. The van der Waals surface area contributed by atoms with Crippen molar-refractivity contribution in [3.05, 3.63) is 11.8 Å². The smallest absolute Gasteiger partial charge is 0.226 e. The Balaban J connectivity index is 2.38. The highest BCUT2D eigenvalue weighted by Crippen LogP contribution is 2.13. The molecule has 0 atom stereocenters. The second-order valence-electron chi connectivity index (χ2n) is 4.45. The van der Waals surface area contributed by atoms with Crippen molar-refractivity contribution in [2.24, 2.45) is 0 Å². The van der Waals surface area contributed by atoms with Gasteiger partial charge in [-0.3, -0.25) is 0 Å². The second kappa shape index (κ2) is 8.98. The predicted octanol–water partition coefficient (Wildman–Crippen LogP) is 2.10. The Hall–Kier alpha value is -1.01. The van der Waals surface area contributed by atoms with E-state index in [0.717, 1.165) is 30.2 Å². The van der Waals surface area contributed by atoms with Crippen LogP contribution in [0, 0.1) is 6.92 Å². The molecule has 5 nitrogen and oxygen atoms in total. The molecule has 0 bridgehead atoms. The molecule has 0 radical (unpaired) electrons. The zero-order valence-electron chi connectivity index (χ0n) is 11.8. The number of aryl methyl sites for hydroxylation is 1. The molecular weight excluding hydrogens is 262 g/mol. The van der Waals surface area contributed by atoms with Crippen molar-refractivity contribution in [3.63, 3.8) is 0 Å². The zero-order chi connectivity index (χ0) is 14.1. The number of aliphatic hydroxyl groups is 1. The number of nitrogens with zero attached hydrogens (tertiary/aromatic N) is 2. The number of rotatable bonds is 9. The van der Waals surface area contributed by atoms with Crippen molar-refractivity contribution in [2.45, 2.75) is 33.3 Å². The molecule has 0 aliphatic heterocycles. The van der Waals surface area contributed by atoms with Gasteiger partial charge >= 0.3 is 0 Å². The molecule has 108 valence electrons. The third-order valence-electron chi connectivity index (χ3n) is 2.16. The number of anilines is 1. The largest absolute Gasteiger partial charge is 0.475 e. The number of hydrogen-bond acceptors (Lipinski definition) is 6. The molecule has 0 aromatic carbocycles. The Kier molecular flexibility index (Phi) is 7.59. The minimum Gasteiger partial charge on any atom is -0.475 e. The van der Waals surface area contributed by atoms with Gasteiger partial charge < -0.3 is 15.2 Å². The summed E-state index contributed by atoms with van der Waals surface area (Å²) in [5.74, 6) is 3.17. The normalized spacial score (nSPS) is 10.8. The van der Waals surface area contributed by atoms with Crippen molar-refractivity contribution in [3.8, 4) is 5.88 Å². The Labute approximate surface area is 119 Å². The summed E-state index contributed by atoms with van der Waals surface area (Å²) >= 11 is 1.81. The van der Waals surface area contributed by atoms with Crippen molar-refractivity contribution in [2.75, 3.05) is 30.0 Å². The van der Waals surface area contributed by atoms with Crippen LogP contribution in [0.3, 0.4) is 0 Å². The predicted molar refractivity (Wildman–Crippen MR) is 80.1 cm³/mol. The van der Waals surface area contributed by atoms with Gasteiger partial charge in [0, 0.05) is 30.7 Å². The molecule has 0 fully saturated rings. The third kappa shape index (κ3) is 7.22. The minimum absolute atomic E-state index is 0.108. The summed E-state index contributed by atoms with van der Waals surface area (Å²) in [6.07, 6.45) is 0.953. The van der Waals surface area contributed by atoms with Crippen LogP contribution in [-0.2, 0) is 0 Å². The van der Waals surface area contributed by atoms with Crippen LogP contribution < -0.4 is 10.1 Å². The average Bonchev–Trinajstić information content (AvgIpc) is 2.32. The van der Waals surface area contributed by atoms with Crippen LogP contribution in [0.1, 0.15) is 26.0 Å². The maximum Gasteiger partial charge on any atom is 0.226 e. The molecule has 1 aromatic rings. The molecule has 0 amide bonds. The number of ether oxygens (including phenoxy) is 1. The van der Waals surface area contributed by atoms with Gasteiger partial charge in [0.05, 0.1) is 6.10 Å². The molecule has 0 spiro atoms. The summed E-state index contributed by atoms with van der Waals surface area (Å²) in [6.45, 7) is 6.94. The first-order chi connectivity index (χ1) is 9.11. The SMILES string of the molecule is Cc1cc(OC(C)C)nc(NCCSCCCO)n1. The molecule has 1 rings (SSSR count). The molecule has 0 unspecified atom stereocenters. The Morgan fingerprint density at radius 2 is 2.16 bits per heavy atom. The van der Waals surface area contributed by atoms with Gasteiger partial charge in [-0.15, -0.1) is 0 Å². The van der Waals surface area contributed by atoms with Gasteiger partial charge in [0.1, 0.15) is 0 Å². The van der Waals surface area contributed by atoms with Crippen molar-refractivity contribution in [1.29, 1.82) is 0 Å². The van der Waals surface area contributed by atoms with Crippen LogP contribution in [0.5, 0.6) is 5.88 Å². The van der Waals surface area contributed by atoms with E-state index in [4.69, 9.17) is 9.84 Å². The van der Waals surface area contributed by atoms with Gasteiger partial charge in [0.15, 0.2) is 0 Å². The van der Waals surface area contributed by atoms with Crippen LogP contribution in [-0.4, -0.2) is 45.8 Å². The summed E-state index contributed by atoms with van der Waals surface area (Å²) in [4.78, 5) is 8.64. The van der Waals surface area contributed by atoms with Gasteiger partial charge in [-0.1, -0.05) is 0 Å². The lowest BCUT2D eigenvalue weighted by atomic mass is 10.4. The fourth-order valence-electron chi connectivity index (χ4n) is 1.42. The summed E-state index contributed by atoms with van der Waals surface area (Å²) in [5.41, 5.74) is 0.890. The fourth-order valence-corrected chi connectivity index (χ4v) is 2.21. The molecule has 19 heavy (non-hydrogen) atoms. The molecule has 0 saturated carbocycles. The monoisotopic (exact) mass is 285 g/mol. The van der Waals surface area contributed by atoms with Gasteiger partial charge in [0.25, 0.3) is 0 Å². The molecule has 0 aliphatic carbocycles. The zero-order valence-corrected chi connectivity index (χ0v) is 12.7. The van der Waals surface area contributed by atoms with E-state index in [-0.39, 0.29) is 12.7 Å². The van der Waals surface area contributed by atoms with E-state index in [1.165, 1.54) is 0 Å². The van der Waals surface area contributed by atoms with Gasteiger partial charge in [0.2, 0.25) is 11.8 Å². The summed E-state index contributed by atoms with van der Waals surface area (Å²) in [7, 11) is 0. The van der Waals surface area contributed by atoms with Crippen molar-refractivity contribution < 1.29 is 9.84 Å². The van der Waals surface area contributed by atoms with E-state index in [9.17, 15) is 0 Å². The Morgan fingerprint density at radius 1 is 1.37 bits per heavy atom. The molecule has 6 heteroatoms. The molecule has 0 aliphatic rings. The van der Waals surface area contributed by atoms with Gasteiger partial charge in [-0.25, -0.2) is 4.98 Å². The van der Waals surface area contributed by atoms with E-state index in [1.807, 2.05) is 26.8 Å². The first-order valence-corrected chi connectivity index (χ1v) is 7.72. The lowest BCUT2D eigenvalue weighted by molar-refractivity contribution is 0.232. The van der Waals surface area contributed by atoms with E-state index in [2.05, 4.69) is 15.3 Å². The van der Waals surface area contributed by atoms with Crippen LogP contribution in [0.15, 0.2) is 6.07 Å². The number of aliphatic hydroxyl groups excluding tert-OH is 1. The average molecular weight is 285 g/mol. The van der Waals surface area contributed by atoms with Crippen LogP contribution in [0.4, 0.5) is 5.95 Å². The van der Waals surface area contributed by atoms with E-state index < -0.39 is 0 Å². The van der Waals surface area contributed by atoms with Crippen LogP contribution in [0.2, 0.25) is 0 Å². The van der Waals surface area contributed by atoms with Gasteiger partial charge in [-0.2, -0.15) is 16.7 Å². The first-order valence-electron chi connectivity index (χ1n) is 6.56. The highest BCUT2D eigenvalue weighted by molar-refractivity contribution is 7.99. The molecule has 0 saturated heterocycles. The molecule has 2 N–H and O–H groups in total. The standard InChI is InChI=1S/C13H23N3O2S/c1-10(2)18-12-9-11(3)15-13(16-12)14-5-8-19-7-4-6-17/h9-10,17H,4-8H2,1-3H3,(H,14,15,16). The number of aromatic nitrogens is 2. The highest BCUT2D eigenvalue weighted by atomic mass is 32.2. The Bertz CT molecular complexity index is 375. The minimum atomic E-state index is 0.108. The summed E-state index contributed by atoms with van der Waals surface area (Å²) < 4.78 is 5.57. The van der Waals surface area contributed by atoms with E-state index in [1.54, 1.807) is 11.8 Å². The molecule has 1 heterocycles. The fraction of sp³-hybridized carbons (Fsp3) is 0.692. The summed E-state index contributed by atoms with van der Waals surface area (Å²) in [5, 5.41) is 11.9. The summed E-state index contributed by atoms with van der Waals surface area (Å²) in [6, 6.07) is 1.83. The third-order valence-corrected chi connectivity index (χ3v) is 3.23. The second-order valence-corrected chi connectivity index (χ2v) is 5.68. The van der Waals surface area contributed by atoms with Crippen LogP contribution >= 0.6 is 11.8 Å². The quantitative estimate of drug-likeness (QED) is 0.677. The molecule has 1 aromatic heterocycles. The van der Waals surface area contributed by atoms with Crippen molar-refractivity contribution in [1.82, 2.24) is 9.97 Å².